The molecule has 0 saturated heterocycles. The zero-order valence-corrected chi connectivity index (χ0v) is 10.5. The average Bonchev–Trinajstić information content (AvgIpc) is 2.44. The third kappa shape index (κ3) is 2.96. The van der Waals surface area contributed by atoms with Crippen molar-refractivity contribution >= 4 is 17.9 Å². The third-order valence-corrected chi connectivity index (χ3v) is 3.02. The predicted molar refractivity (Wildman–Crippen MR) is 71.1 cm³/mol. The lowest BCUT2D eigenvalue weighted by Gasteiger charge is -2.16. The van der Waals surface area contributed by atoms with Gasteiger partial charge in [-0.3, -0.25) is 9.59 Å². The maximum absolute atomic E-state index is 12.1. The van der Waals surface area contributed by atoms with E-state index in [1.54, 1.807) is 24.3 Å². The Labute approximate surface area is 111 Å². The topological polar surface area (TPSA) is 63.2 Å². The number of fused-ring (bicyclic) bond motifs is 1. The van der Waals surface area contributed by atoms with Crippen molar-refractivity contribution in [3.63, 3.8) is 0 Å². The highest BCUT2D eigenvalue weighted by atomic mass is 16.1. The molecule has 4 nitrogen and oxygen atoms in total. The third-order valence-electron chi connectivity index (χ3n) is 3.02. The van der Waals surface area contributed by atoms with Gasteiger partial charge in [0, 0.05) is 30.2 Å². The first-order chi connectivity index (χ1) is 9.24. The molecule has 0 saturated carbocycles. The number of Topliss-reactive ketones (excluding diaryl/α,β-unsaturated/α-hetero) is 1. The zero-order valence-electron chi connectivity index (χ0n) is 10.5. The lowest BCUT2D eigenvalue weighted by Crippen LogP contribution is -2.27. The normalized spacial score (nSPS) is 13.8. The Morgan fingerprint density at radius 2 is 1.79 bits per heavy atom. The highest BCUT2D eigenvalue weighted by Gasteiger charge is 2.24. The smallest absolute Gasteiger partial charge is 0.209 e. The summed E-state index contributed by atoms with van der Waals surface area (Å²) < 4.78 is 0. The van der Waals surface area contributed by atoms with Gasteiger partial charge in [0.1, 0.15) is 6.29 Å². The quantitative estimate of drug-likeness (QED) is 0.624. The van der Waals surface area contributed by atoms with Crippen LogP contribution in [0.4, 0.5) is 0 Å². The first kappa shape index (κ1) is 13.2. The van der Waals surface area contributed by atoms with E-state index in [9.17, 15) is 14.4 Å². The van der Waals surface area contributed by atoms with E-state index in [0.717, 1.165) is 19.1 Å². The van der Waals surface area contributed by atoms with Gasteiger partial charge in [0.05, 0.1) is 5.70 Å². The van der Waals surface area contributed by atoms with Crippen LogP contribution in [0.15, 0.2) is 36.0 Å². The molecule has 0 atom stereocenters. The first-order valence-corrected chi connectivity index (χ1v) is 6.31. The van der Waals surface area contributed by atoms with Gasteiger partial charge in [0.15, 0.2) is 5.78 Å². The number of unbranched alkanes of at least 4 members (excludes halogenated alkanes) is 2. The van der Waals surface area contributed by atoms with Crippen LogP contribution in [-0.4, -0.2) is 24.4 Å². The highest BCUT2D eigenvalue weighted by molar-refractivity contribution is 6.24. The summed E-state index contributed by atoms with van der Waals surface area (Å²) in [5.41, 5.74) is 1.25. The largest absolute Gasteiger partial charge is 0.382 e. The van der Waals surface area contributed by atoms with E-state index in [1.807, 2.05) is 0 Å². The van der Waals surface area contributed by atoms with E-state index < -0.39 is 0 Å². The Hall–Kier alpha value is -2.23. The van der Waals surface area contributed by atoms with Crippen LogP contribution in [0.1, 0.15) is 40.0 Å². The number of aldehydes is 1. The molecule has 19 heavy (non-hydrogen) atoms. The number of carbonyl (C=O) groups is 3. The molecule has 1 aliphatic rings. The molecule has 0 aliphatic heterocycles. The van der Waals surface area contributed by atoms with Crippen molar-refractivity contribution in [3.05, 3.63) is 47.2 Å². The molecule has 0 bridgehead atoms. The number of hydrogen-bond acceptors (Lipinski definition) is 4. The van der Waals surface area contributed by atoms with E-state index in [2.05, 4.69) is 5.32 Å². The first-order valence-electron chi connectivity index (χ1n) is 6.31. The van der Waals surface area contributed by atoms with E-state index in [4.69, 9.17) is 0 Å². The molecule has 1 aromatic rings. The van der Waals surface area contributed by atoms with Crippen LogP contribution < -0.4 is 5.32 Å². The monoisotopic (exact) mass is 257 g/mol. The number of benzene rings is 1. The summed E-state index contributed by atoms with van der Waals surface area (Å²) in [6, 6.07) is 6.82. The summed E-state index contributed by atoms with van der Waals surface area (Å²) in [6.45, 7) is 0.584. The summed E-state index contributed by atoms with van der Waals surface area (Å²) in [5, 5.41) is 2.98. The molecule has 0 spiro atoms. The van der Waals surface area contributed by atoms with Gasteiger partial charge in [-0.2, -0.15) is 0 Å². The van der Waals surface area contributed by atoms with Gasteiger partial charge < -0.3 is 10.1 Å². The predicted octanol–water partition coefficient (Wildman–Crippen LogP) is 1.91. The molecule has 1 aromatic carbocycles. The van der Waals surface area contributed by atoms with Gasteiger partial charge in [-0.05, 0) is 12.8 Å². The minimum Gasteiger partial charge on any atom is -0.382 e. The van der Waals surface area contributed by atoms with Gasteiger partial charge in [0.25, 0.3) is 0 Å². The van der Waals surface area contributed by atoms with E-state index in [-0.39, 0.29) is 11.6 Å². The zero-order chi connectivity index (χ0) is 13.7. The molecule has 0 fully saturated rings. The van der Waals surface area contributed by atoms with Crippen LogP contribution in [0.25, 0.3) is 0 Å². The number of rotatable bonds is 6. The summed E-state index contributed by atoms with van der Waals surface area (Å²) >= 11 is 0. The fourth-order valence-corrected chi connectivity index (χ4v) is 2.02. The second kappa shape index (κ2) is 6.09. The number of nitrogens with one attached hydrogen (secondary N) is 1. The number of carbonyl (C=O) groups excluding carboxylic acids is 3. The molecule has 4 heteroatoms. The van der Waals surface area contributed by atoms with E-state index in [0.29, 0.717) is 29.8 Å². The van der Waals surface area contributed by atoms with Crippen molar-refractivity contribution in [1.29, 1.82) is 0 Å². The SMILES string of the molecule is O=CCCCCNC1=CC(=O)c2ccccc2C1=O. The van der Waals surface area contributed by atoms with Crippen molar-refractivity contribution in [2.24, 2.45) is 0 Å². The standard InChI is InChI=1S/C15H15NO3/c17-9-5-1-4-8-16-13-10-14(18)11-6-2-3-7-12(11)15(13)19/h2-3,6-7,9-10,16H,1,4-5,8H2. The van der Waals surface area contributed by atoms with Crippen LogP contribution in [0, 0.1) is 0 Å². The Morgan fingerprint density at radius 3 is 2.53 bits per heavy atom. The van der Waals surface area contributed by atoms with E-state index in [1.165, 1.54) is 6.08 Å². The lowest BCUT2D eigenvalue weighted by atomic mass is 9.93. The lowest BCUT2D eigenvalue weighted by molar-refractivity contribution is -0.107. The maximum Gasteiger partial charge on any atom is 0.209 e. The van der Waals surface area contributed by atoms with Crippen molar-refractivity contribution < 1.29 is 14.4 Å². The molecule has 0 heterocycles. The molecule has 0 amide bonds. The maximum atomic E-state index is 12.1. The van der Waals surface area contributed by atoms with Gasteiger partial charge >= 0.3 is 0 Å². The van der Waals surface area contributed by atoms with Gasteiger partial charge in [-0.25, -0.2) is 0 Å². The van der Waals surface area contributed by atoms with Gasteiger partial charge in [-0.15, -0.1) is 0 Å². The van der Waals surface area contributed by atoms with Crippen LogP contribution >= 0.6 is 0 Å². The van der Waals surface area contributed by atoms with Gasteiger partial charge in [-0.1, -0.05) is 24.3 Å². The summed E-state index contributed by atoms with van der Waals surface area (Å²) in [6.07, 6.45) is 4.33. The Balaban J connectivity index is 2.02. The second-order valence-electron chi connectivity index (χ2n) is 4.39. The Kier molecular flexibility index (Phi) is 4.23. The summed E-state index contributed by atoms with van der Waals surface area (Å²) in [5.74, 6) is -0.295. The Morgan fingerprint density at radius 1 is 1.05 bits per heavy atom. The summed E-state index contributed by atoms with van der Waals surface area (Å²) in [4.78, 5) is 34.2. The van der Waals surface area contributed by atoms with Gasteiger partial charge in [0.2, 0.25) is 5.78 Å². The molecule has 0 unspecified atom stereocenters. The molecular weight excluding hydrogens is 242 g/mol. The minimum absolute atomic E-state index is 0.148. The van der Waals surface area contributed by atoms with Crippen molar-refractivity contribution in [2.75, 3.05) is 6.54 Å². The fraction of sp³-hybridized carbons (Fsp3) is 0.267. The number of allylic oxidation sites excluding steroid dienone is 2. The van der Waals surface area contributed by atoms with Crippen molar-refractivity contribution in [3.8, 4) is 0 Å². The Bertz CT molecular complexity index is 546. The molecular formula is C15H15NO3. The molecule has 0 aromatic heterocycles. The molecule has 98 valence electrons. The van der Waals surface area contributed by atoms with Crippen LogP contribution in [0.5, 0.6) is 0 Å². The van der Waals surface area contributed by atoms with Crippen molar-refractivity contribution in [1.82, 2.24) is 5.32 Å². The molecule has 1 aliphatic carbocycles. The minimum atomic E-state index is -0.148. The van der Waals surface area contributed by atoms with Crippen LogP contribution in [0.3, 0.4) is 0 Å². The second-order valence-corrected chi connectivity index (χ2v) is 4.39. The molecule has 2 rings (SSSR count). The van der Waals surface area contributed by atoms with E-state index >= 15 is 0 Å². The number of ketones is 2. The molecule has 0 radical (unpaired) electrons. The van der Waals surface area contributed by atoms with Crippen LogP contribution in [-0.2, 0) is 4.79 Å². The molecule has 1 N–H and O–H groups in total. The average molecular weight is 257 g/mol. The summed E-state index contributed by atoms with van der Waals surface area (Å²) in [7, 11) is 0. The fourth-order valence-electron chi connectivity index (χ4n) is 2.02. The highest BCUT2D eigenvalue weighted by Crippen LogP contribution is 2.19. The van der Waals surface area contributed by atoms with Crippen LogP contribution in [0.2, 0.25) is 0 Å². The number of hydrogen-bond donors (Lipinski definition) is 1. The van der Waals surface area contributed by atoms with Crippen molar-refractivity contribution in [2.45, 2.75) is 19.3 Å².